The van der Waals surface area contributed by atoms with E-state index in [9.17, 15) is 4.79 Å². The Morgan fingerprint density at radius 3 is 2.68 bits per heavy atom. The van der Waals surface area contributed by atoms with E-state index >= 15 is 0 Å². The summed E-state index contributed by atoms with van der Waals surface area (Å²) in [5.41, 5.74) is 8.78. The van der Waals surface area contributed by atoms with Crippen molar-refractivity contribution >= 4 is 17.5 Å². The van der Waals surface area contributed by atoms with Crippen molar-refractivity contribution in [2.45, 2.75) is 18.9 Å². The van der Waals surface area contributed by atoms with E-state index in [1.165, 1.54) is 0 Å². The van der Waals surface area contributed by atoms with Crippen LogP contribution in [0.4, 0.5) is 0 Å². The van der Waals surface area contributed by atoms with Crippen molar-refractivity contribution in [3.63, 3.8) is 0 Å². The number of rotatable bonds is 5. The van der Waals surface area contributed by atoms with Crippen LogP contribution in [0, 0.1) is 0 Å². The summed E-state index contributed by atoms with van der Waals surface area (Å²) in [6, 6.07) is 13.1. The van der Waals surface area contributed by atoms with Gasteiger partial charge in [0.1, 0.15) is 5.75 Å². The Morgan fingerprint density at radius 2 is 2.00 bits per heavy atom. The van der Waals surface area contributed by atoms with Crippen molar-refractivity contribution in [2.75, 3.05) is 20.2 Å². The second-order valence-corrected chi connectivity index (χ2v) is 6.58. The van der Waals surface area contributed by atoms with E-state index in [1.54, 1.807) is 13.2 Å². The van der Waals surface area contributed by atoms with Gasteiger partial charge in [-0.2, -0.15) is 0 Å². The fourth-order valence-corrected chi connectivity index (χ4v) is 3.21. The molecule has 5 nitrogen and oxygen atoms in total. The zero-order chi connectivity index (χ0) is 17.8. The fourth-order valence-electron chi connectivity index (χ4n) is 2.94. The summed E-state index contributed by atoms with van der Waals surface area (Å²) in [5, 5.41) is 3.46. The van der Waals surface area contributed by atoms with Crippen molar-refractivity contribution in [3.05, 3.63) is 64.2 Å². The molecule has 1 atom stereocenters. The molecule has 1 aliphatic heterocycles. The van der Waals surface area contributed by atoms with Crippen molar-refractivity contribution in [3.8, 4) is 5.75 Å². The van der Waals surface area contributed by atoms with Crippen molar-refractivity contribution in [1.29, 1.82) is 0 Å². The predicted octanol–water partition coefficient (Wildman–Crippen LogP) is 3.03. The average Bonchev–Trinajstić information content (AvgIpc) is 3.16. The number of hydrogen-bond donors (Lipinski definition) is 3. The number of carbonyl (C=O) groups is 1. The van der Waals surface area contributed by atoms with Crippen molar-refractivity contribution in [2.24, 2.45) is 0 Å². The quantitative estimate of drug-likeness (QED) is 0.768. The lowest BCUT2D eigenvalue weighted by atomic mass is 9.98. The van der Waals surface area contributed by atoms with Crippen LogP contribution in [0.1, 0.15) is 40.4 Å². The van der Waals surface area contributed by atoms with Crippen LogP contribution in [0.5, 0.6) is 5.75 Å². The molecule has 2 aromatic rings. The van der Waals surface area contributed by atoms with Gasteiger partial charge in [-0.1, -0.05) is 29.8 Å². The van der Waals surface area contributed by atoms with Gasteiger partial charge in [-0.05, 0) is 42.3 Å². The topological polar surface area (TPSA) is 62.4 Å². The van der Waals surface area contributed by atoms with Gasteiger partial charge in [-0.3, -0.25) is 15.6 Å². The normalized spacial score (nSPS) is 15.8. The Morgan fingerprint density at radius 1 is 1.24 bits per heavy atom. The minimum Gasteiger partial charge on any atom is -0.497 e. The van der Waals surface area contributed by atoms with Crippen molar-refractivity contribution in [1.82, 2.24) is 16.2 Å². The van der Waals surface area contributed by atoms with Crippen LogP contribution >= 0.6 is 11.6 Å². The lowest BCUT2D eigenvalue weighted by Crippen LogP contribution is -2.27. The number of amides is 1. The summed E-state index contributed by atoms with van der Waals surface area (Å²) in [6.45, 7) is 3.65. The highest BCUT2D eigenvalue weighted by molar-refractivity contribution is 6.33. The third-order valence-electron chi connectivity index (χ3n) is 4.47. The van der Waals surface area contributed by atoms with Gasteiger partial charge in [0.2, 0.25) is 0 Å². The monoisotopic (exact) mass is 359 g/mol. The Bertz CT molecular complexity index is 760. The number of hydrogen-bond acceptors (Lipinski definition) is 4. The number of carbonyl (C=O) groups excluding carboxylic acids is 1. The molecule has 0 aromatic heterocycles. The molecule has 0 spiro atoms. The first-order valence-electron chi connectivity index (χ1n) is 8.28. The van der Waals surface area contributed by atoms with Crippen molar-refractivity contribution < 1.29 is 9.53 Å². The Labute approximate surface area is 152 Å². The van der Waals surface area contributed by atoms with E-state index in [1.807, 2.05) is 43.3 Å². The molecule has 2 aromatic carbocycles. The summed E-state index contributed by atoms with van der Waals surface area (Å²) in [7, 11) is 1.62. The van der Waals surface area contributed by atoms with E-state index in [2.05, 4.69) is 16.2 Å². The summed E-state index contributed by atoms with van der Waals surface area (Å²) in [5.74, 6) is 0.944. The average molecular weight is 360 g/mol. The highest BCUT2D eigenvalue weighted by atomic mass is 35.5. The summed E-state index contributed by atoms with van der Waals surface area (Å²) < 4.78 is 5.23. The Kier molecular flexibility index (Phi) is 5.58. The highest BCUT2D eigenvalue weighted by Gasteiger charge is 2.19. The molecule has 0 aliphatic carbocycles. The molecule has 1 aliphatic rings. The van der Waals surface area contributed by atoms with Gasteiger partial charge in [-0.15, -0.1) is 0 Å². The standard InChI is InChI=1S/C19H22ClN3O2/c1-12(13-4-3-5-16(8-13)25-2)23-19(24)17-7-6-14(9-18(17)20)15-10-21-22-11-15/h3-9,12,15,21-22H,10-11H2,1-2H3,(H,23,24)/t12-/m1/s1. The molecular formula is C19H22ClN3O2. The first-order chi connectivity index (χ1) is 12.1. The summed E-state index contributed by atoms with van der Waals surface area (Å²) in [4.78, 5) is 12.6. The maximum Gasteiger partial charge on any atom is 0.253 e. The lowest BCUT2D eigenvalue weighted by molar-refractivity contribution is 0.0940. The summed E-state index contributed by atoms with van der Waals surface area (Å²) in [6.07, 6.45) is 0. The van der Waals surface area contributed by atoms with E-state index in [-0.39, 0.29) is 11.9 Å². The first kappa shape index (κ1) is 17.7. The smallest absolute Gasteiger partial charge is 0.253 e. The van der Waals surface area contributed by atoms with Crippen LogP contribution in [0.15, 0.2) is 42.5 Å². The largest absolute Gasteiger partial charge is 0.497 e. The maximum atomic E-state index is 12.6. The van der Waals surface area contributed by atoms with E-state index in [4.69, 9.17) is 16.3 Å². The molecule has 1 fully saturated rings. The van der Waals surface area contributed by atoms with Gasteiger partial charge in [0.25, 0.3) is 5.91 Å². The van der Waals surface area contributed by atoms with Gasteiger partial charge >= 0.3 is 0 Å². The SMILES string of the molecule is COc1cccc([C@@H](C)NC(=O)c2ccc(C3CNNC3)cc2Cl)c1. The zero-order valence-electron chi connectivity index (χ0n) is 14.3. The van der Waals surface area contributed by atoms with Crippen LogP contribution in [0.3, 0.4) is 0 Å². The molecular weight excluding hydrogens is 338 g/mol. The van der Waals surface area contributed by atoms with Crippen LogP contribution in [0.25, 0.3) is 0 Å². The van der Waals surface area contributed by atoms with Gasteiger partial charge in [0.15, 0.2) is 0 Å². The third-order valence-corrected chi connectivity index (χ3v) is 4.79. The van der Waals surface area contributed by atoms with Gasteiger partial charge in [0.05, 0.1) is 23.7 Å². The molecule has 6 heteroatoms. The number of benzene rings is 2. The number of hydrazine groups is 1. The third kappa shape index (κ3) is 4.12. The minimum absolute atomic E-state index is 0.151. The molecule has 132 valence electrons. The van der Waals surface area contributed by atoms with Crippen LogP contribution in [0.2, 0.25) is 5.02 Å². The molecule has 3 rings (SSSR count). The number of halogens is 1. The van der Waals surface area contributed by atoms with E-state index in [0.29, 0.717) is 16.5 Å². The van der Waals surface area contributed by atoms with Gasteiger partial charge < -0.3 is 10.1 Å². The zero-order valence-corrected chi connectivity index (χ0v) is 15.1. The van der Waals surface area contributed by atoms with E-state index in [0.717, 1.165) is 30.0 Å². The Balaban J connectivity index is 1.71. The van der Waals surface area contributed by atoms with Gasteiger partial charge in [-0.25, -0.2) is 0 Å². The number of ether oxygens (including phenoxy) is 1. The molecule has 0 unspecified atom stereocenters. The molecule has 0 bridgehead atoms. The maximum absolute atomic E-state index is 12.6. The van der Waals surface area contributed by atoms with Crippen LogP contribution in [-0.2, 0) is 0 Å². The number of nitrogens with one attached hydrogen (secondary N) is 3. The van der Waals surface area contributed by atoms with Gasteiger partial charge in [0, 0.05) is 19.0 Å². The number of methoxy groups -OCH3 is 1. The second-order valence-electron chi connectivity index (χ2n) is 6.17. The minimum atomic E-state index is -0.186. The van der Waals surface area contributed by atoms with E-state index < -0.39 is 0 Å². The predicted molar refractivity (Wildman–Crippen MR) is 99.1 cm³/mol. The first-order valence-corrected chi connectivity index (χ1v) is 8.66. The summed E-state index contributed by atoms with van der Waals surface area (Å²) >= 11 is 6.36. The lowest BCUT2D eigenvalue weighted by Gasteiger charge is -2.16. The highest BCUT2D eigenvalue weighted by Crippen LogP contribution is 2.25. The molecule has 1 heterocycles. The molecule has 1 amide bonds. The van der Waals surface area contributed by atoms with Crippen LogP contribution in [-0.4, -0.2) is 26.1 Å². The molecule has 0 radical (unpaired) electrons. The molecule has 1 saturated heterocycles. The molecule has 25 heavy (non-hydrogen) atoms. The fraction of sp³-hybridized carbons (Fsp3) is 0.316. The molecule has 0 saturated carbocycles. The van der Waals surface area contributed by atoms with Crippen LogP contribution < -0.4 is 20.9 Å². The Hall–Kier alpha value is -2.08. The molecule has 3 N–H and O–H groups in total. The second kappa shape index (κ2) is 7.87.